The van der Waals surface area contributed by atoms with Crippen LogP contribution in [0.1, 0.15) is 28.3 Å². The van der Waals surface area contributed by atoms with Gasteiger partial charge in [0, 0.05) is 20.6 Å². The maximum absolute atomic E-state index is 9.52. The standard InChI is InChI=1S/C22H16BrClN8O/c23-12-3-6-16(33-9-11-1-4-13(24)5-2-11)14(7-12)19-17-18(27)15(8-25)20(28)31-21(17)32-22(30-19)29-10-26/h1-7,19H,9H2,(H6,27,28,29,30,31,32). The van der Waals surface area contributed by atoms with Crippen molar-refractivity contribution < 1.29 is 4.74 Å². The number of halogens is 2. The summed E-state index contributed by atoms with van der Waals surface area (Å²) in [4.78, 5) is 8.88. The molecule has 3 aromatic rings. The summed E-state index contributed by atoms with van der Waals surface area (Å²) in [5.41, 5.74) is 14.5. The van der Waals surface area contributed by atoms with Gasteiger partial charge >= 0.3 is 0 Å². The second-order valence-electron chi connectivity index (χ2n) is 7.00. The van der Waals surface area contributed by atoms with Gasteiger partial charge in [0.2, 0.25) is 5.96 Å². The third-order valence-corrected chi connectivity index (χ3v) is 5.68. The van der Waals surface area contributed by atoms with Crippen LogP contribution in [0.25, 0.3) is 0 Å². The first-order valence-corrected chi connectivity index (χ1v) is 10.7. The molecule has 1 aliphatic heterocycles. The molecule has 164 valence electrons. The van der Waals surface area contributed by atoms with Gasteiger partial charge in [-0.3, -0.25) is 5.32 Å². The highest BCUT2D eigenvalue weighted by Crippen LogP contribution is 2.44. The molecule has 1 unspecified atom stereocenters. The van der Waals surface area contributed by atoms with Crippen molar-refractivity contribution in [2.75, 3.05) is 16.8 Å². The van der Waals surface area contributed by atoms with E-state index in [1.807, 2.05) is 36.5 Å². The minimum absolute atomic E-state index is 0.0216. The average Bonchev–Trinajstić information content (AvgIpc) is 2.79. The first kappa shape index (κ1) is 22.2. The van der Waals surface area contributed by atoms with Crippen LogP contribution < -0.4 is 26.8 Å². The Kier molecular flexibility index (Phi) is 6.22. The quantitative estimate of drug-likeness (QED) is 0.294. The number of benzene rings is 2. The van der Waals surface area contributed by atoms with Crippen LogP contribution in [0.15, 0.2) is 51.9 Å². The van der Waals surface area contributed by atoms with E-state index in [1.165, 1.54) is 0 Å². The van der Waals surface area contributed by atoms with Crippen molar-refractivity contribution in [3.05, 3.63) is 74.2 Å². The number of nitrogens with two attached hydrogens (primary N) is 2. The largest absolute Gasteiger partial charge is 0.489 e. The molecule has 0 fully saturated rings. The molecule has 0 spiro atoms. The Balaban J connectivity index is 1.82. The molecule has 0 radical (unpaired) electrons. The van der Waals surface area contributed by atoms with Crippen LogP contribution in [0.3, 0.4) is 0 Å². The van der Waals surface area contributed by atoms with Gasteiger partial charge in [-0.2, -0.15) is 10.5 Å². The Morgan fingerprint density at radius 3 is 2.64 bits per heavy atom. The van der Waals surface area contributed by atoms with Crippen molar-refractivity contribution in [2.45, 2.75) is 12.6 Å². The van der Waals surface area contributed by atoms with E-state index in [9.17, 15) is 5.26 Å². The lowest BCUT2D eigenvalue weighted by molar-refractivity contribution is 0.302. The van der Waals surface area contributed by atoms with E-state index in [1.54, 1.807) is 18.2 Å². The first-order valence-electron chi connectivity index (χ1n) is 9.56. The average molecular weight is 524 g/mol. The first-order chi connectivity index (χ1) is 15.9. The highest BCUT2D eigenvalue weighted by atomic mass is 79.9. The maximum Gasteiger partial charge on any atom is 0.211 e. The number of ether oxygens (including phenoxy) is 1. The Labute approximate surface area is 202 Å². The van der Waals surface area contributed by atoms with Gasteiger partial charge in [-0.05, 0) is 35.9 Å². The zero-order chi connectivity index (χ0) is 23.5. The molecule has 1 atom stereocenters. The Morgan fingerprint density at radius 2 is 1.94 bits per heavy atom. The molecule has 0 saturated carbocycles. The fourth-order valence-electron chi connectivity index (χ4n) is 3.41. The molecular weight excluding hydrogens is 508 g/mol. The Morgan fingerprint density at radius 1 is 1.18 bits per heavy atom. The van der Waals surface area contributed by atoms with Crippen molar-refractivity contribution in [1.82, 2.24) is 10.3 Å². The zero-order valence-electron chi connectivity index (χ0n) is 16.9. The highest BCUT2D eigenvalue weighted by molar-refractivity contribution is 9.10. The molecule has 6 N–H and O–H groups in total. The van der Waals surface area contributed by atoms with Crippen molar-refractivity contribution in [3.8, 4) is 18.0 Å². The molecule has 2 aromatic carbocycles. The molecule has 2 heterocycles. The molecule has 9 nitrogen and oxygen atoms in total. The number of anilines is 3. The second-order valence-corrected chi connectivity index (χ2v) is 8.35. The molecule has 0 bridgehead atoms. The number of rotatable bonds is 4. The summed E-state index contributed by atoms with van der Waals surface area (Å²) < 4.78 is 6.89. The second kappa shape index (κ2) is 9.25. The molecule has 33 heavy (non-hydrogen) atoms. The zero-order valence-corrected chi connectivity index (χ0v) is 19.3. The van der Waals surface area contributed by atoms with Gasteiger partial charge in [0.1, 0.15) is 41.7 Å². The van der Waals surface area contributed by atoms with Gasteiger partial charge in [0.05, 0.1) is 5.69 Å². The lowest BCUT2D eigenvalue weighted by atomic mass is 9.94. The Bertz CT molecular complexity index is 1340. The van der Waals surface area contributed by atoms with E-state index in [4.69, 9.17) is 33.1 Å². The molecule has 4 rings (SSSR count). The van der Waals surface area contributed by atoms with E-state index >= 15 is 0 Å². The van der Waals surface area contributed by atoms with E-state index in [0.29, 0.717) is 27.7 Å². The van der Waals surface area contributed by atoms with Gasteiger partial charge in [-0.25, -0.2) is 9.98 Å². The van der Waals surface area contributed by atoms with Crippen LogP contribution in [0.2, 0.25) is 5.02 Å². The lowest BCUT2D eigenvalue weighted by Crippen LogP contribution is -2.33. The molecule has 1 aromatic heterocycles. The summed E-state index contributed by atoms with van der Waals surface area (Å²) in [6.07, 6.45) is 1.83. The summed E-state index contributed by atoms with van der Waals surface area (Å²) in [7, 11) is 0. The number of nitriles is 2. The molecule has 0 amide bonds. The van der Waals surface area contributed by atoms with E-state index in [0.717, 1.165) is 10.0 Å². The fourth-order valence-corrected chi connectivity index (χ4v) is 3.92. The number of nitrogens with one attached hydrogen (secondary N) is 2. The predicted octanol–water partition coefficient (Wildman–Crippen LogP) is 4.05. The van der Waals surface area contributed by atoms with Crippen LogP contribution in [0.5, 0.6) is 5.75 Å². The normalized spacial score (nSPS) is 14.2. The number of nitrogen functional groups attached to an aromatic ring is 2. The van der Waals surface area contributed by atoms with Gasteiger partial charge < -0.3 is 21.5 Å². The summed E-state index contributed by atoms with van der Waals surface area (Å²) in [6.45, 7) is 0.287. The fraction of sp³-hybridized carbons (Fsp3) is 0.0909. The lowest BCUT2D eigenvalue weighted by Gasteiger charge is -2.27. The van der Waals surface area contributed by atoms with Crippen LogP contribution in [-0.4, -0.2) is 10.9 Å². The minimum atomic E-state index is -0.727. The molecule has 0 saturated heterocycles. The third kappa shape index (κ3) is 4.48. The molecule has 11 heteroatoms. The summed E-state index contributed by atoms with van der Waals surface area (Å²) >= 11 is 9.46. The van der Waals surface area contributed by atoms with Crippen molar-refractivity contribution in [3.63, 3.8) is 0 Å². The van der Waals surface area contributed by atoms with Gasteiger partial charge in [0.15, 0.2) is 6.19 Å². The number of aliphatic imine (C=N–C) groups is 1. The van der Waals surface area contributed by atoms with Crippen LogP contribution in [-0.2, 0) is 6.61 Å². The van der Waals surface area contributed by atoms with Crippen molar-refractivity contribution >= 4 is 50.8 Å². The van der Waals surface area contributed by atoms with E-state index in [-0.39, 0.29) is 29.6 Å². The minimum Gasteiger partial charge on any atom is -0.489 e. The highest BCUT2D eigenvalue weighted by Gasteiger charge is 2.31. The molecule has 1 aliphatic rings. The number of fused-ring (bicyclic) bond motifs is 1. The number of hydrogen-bond acceptors (Lipinski definition) is 9. The van der Waals surface area contributed by atoms with Crippen LogP contribution in [0, 0.1) is 22.8 Å². The van der Waals surface area contributed by atoms with Gasteiger partial charge in [-0.15, -0.1) is 0 Å². The van der Waals surface area contributed by atoms with Gasteiger partial charge in [0.25, 0.3) is 0 Å². The van der Waals surface area contributed by atoms with Crippen molar-refractivity contribution in [1.29, 1.82) is 10.5 Å². The number of pyridine rings is 1. The Hall–Kier alpha value is -3.99. The number of hydrogen-bond donors (Lipinski definition) is 4. The summed E-state index contributed by atoms with van der Waals surface area (Å²) in [5.74, 6) is 0.979. The SMILES string of the molecule is N#CNC1=NC(c2cc(Br)ccc2OCc2ccc(Cl)cc2)c2c(nc(N)c(C#N)c2N)N1. The van der Waals surface area contributed by atoms with Crippen LogP contribution in [0.4, 0.5) is 17.3 Å². The smallest absolute Gasteiger partial charge is 0.211 e. The summed E-state index contributed by atoms with van der Waals surface area (Å²) in [6, 6.07) is 14.1. The number of nitrogens with zero attached hydrogens (tertiary/aromatic N) is 4. The monoisotopic (exact) mass is 522 g/mol. The number of aromatic nitrogens is 1. The third-order valence-electron chi connectivity index (χ3n) is 4.93. The molecular formula is C22H16BrClN8O. The summed E-state index contributed by atoms with van der Waals surface area (Å²) in [5, 5.41) is 24.6. The van der Waals surface area contributed by atoms with E-state index < -0.39 is 6.04 Å². The van der Waals surface area contributed by atoms with Crippen LogP contribution >= 0.6 is 27.5 Å². The van der Waals surface area contributed by atoms with E-state index in [2.05, 4.69) is 36.5 Å². The van der Waals surface area contributed by atoms with Crippen molar-refractivity contribution in [2.24, 2.45) is 4.99 Å². The number of guanidine groups is 1. The predicted molar refractivity (Wildman–Crippen MR) is 129 cm³/mol. The topological polar surface area (TPSA) is 158 Å². The maximum atomic E-state index is 9.52. The van der Waals surface area contributed by atoms with Gasteiger partial charge in [-0.1, -0.05) is 39.7 Å². The molecule has 0 aliphatic carbocycles.